The van der Waals surface area contributed by atoms with Crippen molar-refractivity contribution in [2.24, 2.45) is 7.05 Å². The summed E-state index contributed by atoms with van der Waals surface area (Å²) in [6.45, 7) is 0. The van der Waals surface area contributed by atoms with E-state index in [-0.39, 0.29) is 5.69 Å². The summed E-state index contributed by atoms with van der Waals surface area (Å²) in [5.41, 5.74) is 1.31. The molecule has 6 heteroatoms. The second-order valence-corrected chi connectivity index (χ2v) is 4.07. The van der Waals surface area contributed by atoms with Gasteiger partial charge in [-0.15, -0.1) is 0 Å². The van der Waals surface area contributed by atoms with Crippen LogP contribution in [0, 0.1) is 0 Å². The highest BCUT2D eigenvalue weighted by atomic mass is 35.5. The fourth-order valence-corrected chi connectivity index (χ4v) is 1.99. The first-order chi connectivity index (χ1) is 8.54. The highest BCUT2D eigenvalue weighted by molar-refractivity contribution is 6.32. The summed E-state index contributed by atoms with van der Waals surface area (Å²) in [6, 6.07) is 6.76. The molecule has 94 valence electrons. The molecular formula is C12H11ClN2O3. The Balaban J connectivity index is 2.62. The maximum absolute atomic E-state index is 10.9. The van der Waals surface area contributed by atoms with Crippen LogP contribution in [0.2, 0.25) is 5.02 Å². The van der Waals surface area contributed by atoms with E-state index in [0.717, 1.165) is 0 Å². The van der Waals surface area contributed by atoms with Gasteiger partial charge in [-0.05, 0) is 18.2 Å². The zero-order valence-electron chi connectivity index (χ0n) is 9.85. The van der Waals surface area contributed by atoms with Crippen LogP contribution in [0.25, 0.3) is 11.3 Å². The lowest BCUT2D eigenvalue weighted by atomic mass is 10.1. The van der Waals surface area contributed by atoms with Gasteiger partial charge < -0.3 is 9.84 Å². The smallest absolute Gasteiger partial charge is 0.356 e. The number of hydrogen-bond donors (Lipinski definition) is 1. The van der Waals surface area contributed by atoms with Crippen LogP contribution in [0.4, 0.5) is 0 Å². The molecular weight excluding hydrogens is 256 g/mol. The van der Waals surface area contributed by atoms with Crippen LogP contribution in [0.1, 0.15) is 10.5 Å². The number of carboxylic acid groups (broad SMARTS) is 1. The Bertz CT molecular complexity index is 607. The molecule has 0 saturated heterocycles. The number of aromatic nitrogens is 2. The van der Waals surface area contributed by atoms with Gasteiger partial charge in [-0.3, -0.25) is 4.68 Å². The topological polar surface area (TPSA) is 64.3 Å². The van der Waals surface area contributed by atoms with E-state index < -0.39 is 5.97 Å². The SMILES string of the molecule is COc1c(Cl)cccc1-c1cc(C(=O)O)nn1C. The number of halogens is 1. The fourth-order valence-electron chi connectivity index (χ4n) is 1.74. The number of benzene rings is 1. The Labute approximate surface area is 109 Å². The number of carboxylic acids is 1. The molecule has 1 heterocycles. The zero-order chi connectivity index (χ0) is 13.3. The van der Waals surface area contributed by atoms with Crippen molar-refractivity contribution in [3.63, 3.8) is 0 Å². The minimum atomic E-state index is -1.07. The second-order valence-electron chi connectivity index (χ2n) is 3.66. The number of rotatable bonds is 3. The molecule has 0 radical (unpaired) electrons. The predicted molar refractivity (Wildman–Crippen MR) is 67.2 cm³/mol. The van der Waals surface area contributed by atoms with E-state index in [4.69, 9.17) is 21.4 Å². The standard InChI is InChI=1S/C12H11ClN2O3/c1-15-10(6-9(14-15)12(16)17)7-4-3-5-8(13)11(7)18-2/h3-6H,1-2H3,(H,16,17). The Morgan fingerprint density at radius 2 is 2.22 bits per heavy atom. The summed E-state index contributed by atoms with van der Waals surface area (Å²) >= 11 is 6.03. The Hall–Kier alpha value is -2.01. The van der Waals surface area contributed by atoms with E-state index in [0.29, 0.717) is 22.0 Å². The molecule has 0 aliphatic rings. The number of ether oxygens (including phenoxy) is 1. The molecule has 0 fully saturated rings. The maximum atomic E-state index is 10.9. The first-order valence-electron chi connectivity index (χ1n) is 5.14. The molecule has 0 spiro atoms. The molecule has 0 bridgehead atoms. The van der Waals surface area contributed by atoms with Crippen LogP contribution in [0.15, 0.2) is 24.3 Å². The van der Waals surface area contributed by atoms with Crippen molar-refractivity contribution in [3.8, 4) is 17.0 Å². The average molecular weight is 267 g/mol. The summed E-state index contributed by atoms with van der Waals surface area (Å²) in [4.78, 5) is 10.9. The maximum Gasteiger partial charge on any atom is 0.356 e. The molecule has 0 aliphatic carbocycles. The first-order valence-corrected chi connectivity index (χ1v) is 5.52. The monoisotopic (exact) mass is 266 g/mol. The number of aromatic carboxylic acids is 1. The number of hydrogen-bond acceptors (Lipinski definition) is 3. The van der Waals surface area contributed by atoms with Gasteiger partial charge in [-0.1, -0.05) is 17.7 Å². The third-order valence-electron chi connectivity index (χ3n) is 2.55. The number of carbonyl (C=O) groups is 1. The van der Waals surface area contributed by atoms with Crippen molar-refractivity contribution in [2.45, 2.75) is 0 Å². The third kappa shape index (κ3) is 2.04. The van der Waals surface area contributed by atoms with E-state index in [2.05, 4.69) is 5.10 Å². The number of para-hydroxylation sites is 1. The average Bonchev–Trinajstić information content (AvgIpc) is 2.71. The lowest BCUT2D eigenvalue weighted by molar-refractivity contribution is 0.0689. The Morgan fingerprint density at radius 1 is 1.50 bits per heavy atom. The van der Waals surface area contributed by atoms with Crippen LogP contribution < -0.4 is 4.74 Å². The predicted octanol–water partition coefficient (Wildman–Crippen LogP) is 2.45. The zero-order valence-corrected chi connectivity index (χ0v) is 10.6. The van der Waals surface area contributed by atoms with Gasteiger partial charge >= 0.3 is 5.97 Å². The number of nitrogens with zero attached hydrogens (tertiary/aromatic N) is 2. The molecule has 0 saturated carbocycles. The summed E-state index contributed by atoms with van der Waals surface area (Å²) in [6.07, 6.45) is 0. The van der Waals surface area contributed by atoms with Crippen LogP contribution in [-0.2, 0) is 7.05 Å². The largest absolute Gasteiger partial charge is 0.494 e. The Kier molecular flexibility index (Phi) is 3.25. The molecule has 0 aliphatic heterocycles. The van der Waals surface area contributed by atoms with E-state index in [1.165, 1.54) is 17.9 Å². The molecule has 1 N–H and O–H groups in total. The molecule has 5 nitrogen and oxygen atoms in total. The van der Waals surface area contributed by atoms with E-state index in [9.17, 15) is 4.79 Å². The van der Waals surface area contributed by atoms with Gasteiger partial charge in [0.15, 0.2) is 5.69 Å². The van der Waals surface area contributed by atoms with Crippen LogP contribution in [-0.4, -0.2) is 28.0 Å². The van der Waals surface area contributed by atoms with Crippen molar-refractivity contribution in [1.82, 2.24) is 9.78 Å². The van der Waals surface area contributed by atoms with Crippen molar-refractivity contribution >= 4 is 17.6 Å². The molecule has 2 aromatic rings. The molecule has 2 rings (SSSR count). The first kappa shape index (κ1) is 12.4. The van der Waals surface area contributed by atoms with E-state index in [1.807, 2.05) is 0 Å². The van der Waals surface area contributed by atoms with E-state index in [1.54, 1.807) is 25.2 Å². The van der Waals surface area contributed by atoms with Crippen molar-refractivity contribution in [3.05, 3.63) is 35.0 Å². The lowest BCUT2D eigenvalue weighted by Crippen LogP contribution is -1.99. The number of methoxy groups -OCH3 is 1. The van der Waals surface area contributed by atoms with Gasteiger partial charge in [0.25, 0.3) is 0 Å². The summed E-state index contributed by atoms with van der Waals surface area (Å²) in [7, 11) is 3.18. The second kappa shape index (κ2) is 4.70. The van der Waals surface area contributed by atoms with Gasteiger partial charge in [0, 0.05) is 12.6 Å². The molecule has 0 unspecified atom stereocenters. The van der Waals surface area contributed by atoms with Crippen LogP contribution >= 0.6 is 11.6 Å². The molecule has 0 amide bonds. The van der Waals surface area contributed by atoms with Crippen molar-refractivity contribution in [2.75, 3.05) is 7.11 Å². The molecule has 1 aromatic carbocycles. The van der Waals surface area contributed by atoms with Crippen molar-refractivity contribution in [1.29, 1.82) is 0 Å². The minimum Gasteiger partial charge on any atom is -0.494 e. The van der Waals surface area contributed by atoms with E-state index >= 15 is 0 Å². The highest BCUT2D eigenvalue weighted by Gasteiger charge is 2.16. The summed E-state index contributed by atoms with van der Waals surface area (Å²) < 4.78 is 6.72. The highest BCUT2D eigenvalue weighted by Crippen LogP contribution is 2.35. The van der Waals surface area contributed by atoms with Gasteiger partial charge in [0.2, 0.25) is 0 Å². The van der Waals surface area contributed by atoms with Crippen LogP contribution in [0.3, 0.4) is 0 Å². The van der Waals surface area contributed by atoms with Gasteiger partial charge in [-0.25, -0.2) is 4.79 Å². The number of aryl methyl sites for hydroxylation is 1. The fraction of sp³-hybridized carbons (Fsp3) is 0.167. The van der Waals surface area contributed by atoms with Crippen molar-refractivity contribution < 1.29 is 14.6 Å². The Morgan fingerprint density at radius 3 is 2.78 bits per heavy atom. The summed E-state index contributed by atoms with van der Waals surface area (Å²) in [5, 5.41) is 13.3. The van der Waals surface area contributed by atoms with Gasteiger partial charge in [-0.2, -0.15) is 5.10 Å². The normalized spacial score (nSPS) is 10.4. The lowest BCUT2D eigenvalue weighted by Gasteiger charge is -2.09. The molecule has 0 atom stereocenters. The minimum absolute atomic E-state index is 0.0190. The molecule has 18 heavy (non-hydrogen) atoms. The van der Waals surface area contributed by atoms with Gasteiger partial charge in [0.05, 0.1) is 17.8 Å². The van der Waals surface area contributed by atoms with Crippen LogP contribution in [0.5, 0.6) is 5.75 Å². The molecule has 1 aromatic heterocycles. The quantitative estimate of drug-likeness (QED) is 0.927. The summed E-state index contributed by atoms with van der Waals surface area (Å²) in [5.74, 6) is -0.572. The third-order valence-corrected chi connectivity index (χ3v) is 2.84. The van der Waals surface area contributed by atoms with Gasteiger partial charge in [0.1, 0.15) is 5.75 Å².